The predicted molar refractivity (Wildman–Crippen MR) is 139 cm³/mol. The number of fused-ring (bicyclic) bond motifs is 1. The summed E-state index contributed by atoms with van der Waals surface area (Å²) in [6.07, 6.45) is 7.03. The number of H-pyrrole nitrogens is 1. The van der Waals surface area contributed by atoms with Crippen molar-refractivity contribution in [3.05, 3.63) is 72.7 Å². The van der Waals surface area contributed by atoms with Gasteiger partial charge in [-0.2, -0.15) is 0 Å². The molecule has 2 N–H and O–H groups in total. The Labute approximate surface area is 220 Å². The first kappa shape index (κ1) is 23.8. The maximum absolute atomic E-state index is 15.0. The molecule has 1 saturated heterocycles. The Kier molecular flexibility index (Phi) is 5.28. The molecule has 0 saturated carbocycles. The van der Waals surface area contributed by atoms with Crippen LogP contribution in [0, 0.1) is 5.82 Å². The second-order valence-corrected chi connectivity index (χ2v) is 10.2. The van der Waals surface area contributed by atoms with Crippen molar-refractivity contribution in [2.24, 2.45) is 0 Å². The Morgan fingerprint density at radius 2 is 1.92 bits per heavy atom. The molecule has 39 heavy (non-hydrogen) atoms. The average Bonchev–Trinajstić information content (AvgIpc) is 3.61. The lowest BCUT2D eigenvalue weighted by atomic mass is 10.0. The van der Waals surface area contributed by atoms with E-state index in [1.807, 2.05) is 58.2 Å². The first-order chi connectivity index (χ1) is 18.8. The molecule has 0 bridgehead atoms. The lowest BCUT2D eigenvalue weighted by molar-refractivity contribution is -0.141. The standard InChI is InChI=1S/C28H25F3N6O2/c29-18-9-17-14-36(27(39)35-6-4-28(30,31)24(38)16-35)8-7-34-15-22(19(10-18)26(17)34)20-11-32-12-21(20)23-13-33-25-3-1-2-5-37(23)25/h1-3,5,9-13,15,24,32,38H,4,6-8,14,16H2. The number of hydrogen-bond acceptors (Lipinski definition) is 3. The molecule has 6 heterocycles. The molecule has 11 heteroatoms. The average molecular weight is 535 g/mol. The van der Waals surface area contributed by atoms with Gasteiger partial charge in [-0.15, -0.1) is 0 Å². The molecule has 1 aromatic carbocycles. The number of halogens is 3. The monoisotopic (exact) mass is 534 g/mol. The number of carbonyl (C=O) groups excluding carboxylic acids is 1. The van der Waals surface area contributed by atoms with Gasteiger partial charge in [0, 0.05) is 79.5 Å². The largest absolute Gasteiger partial charge is 0.385 e. The first-order valence-corrected chi connectivity index (χ1v) is 12.8. The molecular weight excluding hydrogens is 509 g/mol. The zero-order valence-corrected chi connectivity index (χ0v) is 20.8. The molecule has 0 spiro atoms. The number of aliphatic hydroxyl groups excluding tert-OH is 1. The van der Waals surface area contributed by atoms with Crippen molar-refractivity contribution in [1.82, 2.24) is 28.7 Å². The molecule has 2 amide bonds. The highest BCUT2D eigenvalue weighted by molar-refractivity contribution is 6.01. The molecular formula is C28H25F3N6O2. The number of nitrogens with one attached hydrogen (secondary N) is 1. The molecule has 2 aliphatic heterocycles. The maximum atomic E-state index is 15.0. The van der Waals surface area contributed by atoms with Crippen LogP contribution in [0.25, 0.3) is 38.9 Å². The number of carbonyl (C=O) groups is 1. The number of aliphatic hydroxyl groups is 1. The van der Waals surface area contributed by atoms with Crippen molar-refractivity contribution in [3.8, 4) is 22.4 Å². The number of aromatic nitrogens is 4. The van der Waals surface area contributed by atoms with E-state index in [-0.39, 0.29) is 13.1 Å². The van der Waals surface area contributed by atoms with Crippen LogP contribution in [-0.4, -0.2) is 71.5 Å². The summed E-state index contributed by atoms with van der Waals surface area (Å²) in [6, 6.07) is 8.29. The van der Waals surface area contributed by atoms with Crippen molar-refractivity contribution in [3.63, 3.8) is 0 Å². The van der Waals surface area contributed by atoms with Crippen LogP contribution in [-0.2, 0) is 13.1 Å². The van der Waals surface area contributed by atoms with Gasteiger partial charge < -0.3 is 24.5 Å². The van der Waals surface area contributed by atoms with E-state index in [2.05, 4.69) is 9.97 Å². The lowest BCUT2D eigenvalue weighted by Gasteiger charge is -2.38. The number of pyridine rings is 1. The Bertz CT molecular complexity index is 1740. The van der Waals surface area contributed by atoms with E-state index in [4.69, 9.17) is 0 Å². The minimum Gasteiger partial charge on any atom is -0.385 e. The van der Waals surface area contributed by atoms with E-state index < -0.39 is 36.8 Å². The summed E-state index contributed by atoms with van der Waals surface area (Å²) in [6.45, 7) is 0.315. The summed E-state index contributed by atoms with van der Waals surface area (Å²) in [7, 11) is 0. The van der Waals surface area contributed by atoms with Crippen LogP contribution < -0.4 is 0 Å². The van der Waals surface area contributed by atoms with Gasteiger partial charge in [-0.3, -0.25) is 4.40 Å². The lowest BCUT2D eigenvalue weighted by Crippen LogP contribution is -2.55. The van der Waals surface area contributed by atoms with E-state index in [1.165, 1.54) is 21.9 Å². The highest BCUT2D eigenvalue weighted by atomic mass is 19.3. The fraction of sp³-hybridized carbons (Fsp3) is 0.286. The quantitative estimate of drug-likeness (QED) is 0.344. The van der Waals surface area contributed by atoms with Gasteiger partial charge in [-0.1, -0.05) is 6.07 Å². The van der Waals surface area contributed by atoms with E-state index in [0.29, 0.717) is 18.7 Å². The van der Waals surface area contributed by atoms with Crippen molar-refractivity contribution in [2.75, 3.05) is 19.6 Å². The van der Waals surface area contributed by atoms with Crippen LogP contribution >= 0.6 is 0 Å². The van der Waals surface area contributed by atoms with Gasteiger partial charge in [0.05, 0.1) is 24.0 Å². The summed E-state index contributed by atoms with van der Waals surface area (Å²) in [4.78, 5) is 23.7. The molecule has 1 fully saturated rings. The zero-order valence-electron chi connectivity index (χ0n) is 20.8. The molecule has 4 aromatic heterocycles. The number of β-amino-alcohol motifs (C(OH)–C–C–N with tert-alkyl or cyclic N) is 1. The van der Waals surface area contributed by atoms with Crippen LogP contribution in [0.15, 0.2) is 61.3 Å². The van der Waals surface area contributed by atoms with Gasteiger partial charge in [-0.25, -0.2) is 22.9 Å². The number of aromatic amines is 1. The van der Waals surface area contributed by atoms with E-state index in [1.54, 1.807) is 0 Å². The minimum absolute atomic E-state index is 0.132. The number of amides is 2. The highest BCUT2D eigenvalue weighted by Crippen LogP contribution is 2.40. The minimum atomic E-state index is -3.21. The summed E-state index contributed by atoms with van der Waals surface area (Å²) < 4.78 is 46.6. The van der Waals surface area contributed by atoms with Gasteiger partial charge in [0.15, 0.2) is 0 Å². The number of piperidine rings is 1. The molecule has 7 rings (SSSR count). The van der Waals surface area contributed by atoms with Crippen LogP contribution in [0.5, 0.6) is 0 Å². The fourth-order valence-corrected chi connectivity index (χ4v) is 5.87. The number of alkyl halides is 2. The smallest absolute Gasteiger partial charge is 0.320 e. The Balaban J connectivity index is 1.26. The van der Waals surface area contributed by atoms with Gasteiger partial charge >= 0.3 is 6.03 Å². The van der Waals surface area contributed by atoms with Crippen molar-refractivity contribution < 1.29 is 23.1 Å². The maximum Gasteiger partial charge on any atom is 0.320 e. The van der Waals surface area contributed by atoms with Gasteiger partial charge in [-0.05, 0) is 29.8 Å². The Morgan fingerprint density at radius 1 is 1.08 bits per heavy atom. The van der Waals surface area contributed by atoms with E-state index in [0.717, 1.165) is 38.9 Å². The molecule has 0 radical (unpaired) electrons. The zero-order chi connectivity index (χ0) is 26.9. The Hall–Kier alpha value is -4.25. The van der Waals surface area contributed by atoms with Crippen LogP contribution in [0.2, 0.25) is 0 Å². The van der Waals surface area contributed by atoms with E-state index in [9.17, 15) is 18.7 Å². The fourth-order valence-electron chi connectivity index (χ4n) is 5.87. The summed E-state index contributed by atoms with van der Waals surface area (Å²) >= 11 is 0. The number of likely N-dealkylation sites (tertiary alicyclic amines) is 1. The van der Waals surface area contributed by atoms with Crippen molar-refractivity contribution >= 4 is 22.6 Å². The van der Waals surface area contributed by atoms with Crippen LogP contribution in [0.3, 0.4) is 0 Å². The third-order valence-electron chi connectivity index (χ3n) is 7.85. The normalized spacial score (nSPS) is 19.1. The highest BCUT2D eigenvalue weighted by Gasteiger charge is 2.45. The van der Waals surface area contributed by atoms with Gasteiger partial charge in [0.1, 0.15) is 17.6 Å². The SMILES string of the molecule is O=C(N1CCn2cc(-c3c[nH]cc3-c3cnc4ccccn34)c3cc(F)cc(c32)C1)N1CCC(F)(F)C(O)C1. The number of hydrogen-bond donors (Lipinski definition) is 2. The van der Waals surface area contributed by atoms with Crippen molar-refractivity contribution in [1.29, 1.82) is 0 Å². The van der Waals surface area contributed by atoms with Crippen LogP contribution in [0.1, 0.15) is 12.0 Å². The molecule has 1 unspecified atom stereocenters. The number of urea groups is 1. The first-order valence-electron chi connectivity index (χ1n) is 12.8. The van der Waals surface area contributed by atoms with E-state index >= 15 is 4.39 Å². The Morgan fingerprint density at radius 3 is 2.77 bits per heavy atom. The molecule has 2 aliphatic rings. The van der Waals surface area contributed by atoms with Gasteiger partial charge in [0.2, 0.25) is 0 Å². The summed E-state index contributed by atoms with van der Waals surface area (Å²) in [5.74, 6) is -3.63. The number of imidazole rings is 1. The second kappa shape index (κ2) is 8.63. The third kappa shape index (κ3) is 3.79. The third-order valence-corrected chi connectivity index (χ3v) is 7.85. The second-order valence-electron chi connectivity index (χ2n) is 10.2. The predicted octanol–water partition coefficient (Wildman–Crippen LogP) is 4.73. The molecule has 5 aromatic rings. The van der Waals surface area contributed by atoms with Crippen molar-refractivity contribution in [2.45, 2.75) is 31.5 Å². The molecule has 0 aliphatic carbocycles. The topological polar surface area (TPSA) is 81.8 Å². The number of nitrogens with zero attached hydrogens (tertiary/aromatic N) is 5. The van der Waals surface area contributed by atoms with Crippen LogP contribution in [0.4, 0.5) is 18.0 Å². The summed E-state index contributed by atoms with van der Waals surface area (Å²) in [5.41, 5.74) is 5.87. The molecule has 1 atom stereocenters. The number of rotatable bonds is 2. The van der Waals surface area contributed by atoms with Gasteiger partial charge in [0.25, 0.3) is 5.92 Å². The molecule has 200 valence electrons. The number of benzene rings is 1. The molecule has 8 nitrogen and oxygen atoms in total. The summed E-state index contributed by atoms with van der Waals surface area (Å²) in [5, 5.41) is 10.5.